The molecule has 2 heterocycles. The number of aromatic hydroxyl groups is 1. The van der Waals surface area contributed by atoms with E-state index < -0.39 is 0 Å². The van der Waals surface area contributed by atoms with Gasteiger partial charge >= 0.3 is 0 Å². The van der Waals surface area contributed by atoms with Crippen LogP contribution in [0.15, 0.2) is 63.3 Å². The van der Waals surface area contributed by atoms with Gasteiger partial charge in [-0.3, -0.25) is 0 Å². The Labute approximate surface area is 145 Å². The van der Waals surface area contributed by atoms with E-state index in [1.54, 1.807) is 40.7 Å². The molecule has 114 valence electrons. The predicted octanol–water partition coefficient (Wildman–Crippen LogP) is 3.77. The van der Waals surface area contributed by atoms with E-state index in [1.165, 1.54) is 0 Å². The maximum Gasteiger partial charge on any atom is 0.212 e. The third kappa shape index (κ3) is 2.77. The van der Waals surface area contributed by atoms with Crippen molar-refractivity contribution in [1.29, 1.82) is 0 Å². The van der Waals surface area contributed by atoms with Crippen LogP contribution in [0.1, 0.15) is 5.56 Å². The normalized spacial score (nSPS) is 13.5. The van der Waals surface area contributed by atoms with Gasteiger partial charge in [-0.25, -0.2) is 0 Å². The molecular formula is C16H11BrN4OS. The zero-order valence-corrected chi connectivity index (χ0v) is 14.3. The highest BCUT2D eigenvalue weighted by atomic mass is 79.9. The number of aromatic nitrogens is 3. The molecule has 1 aliphatic rings. The zero-order valence-electron chi connectivity index (χ0n) is 11.8. The second-order valence-electron chi connectivity index (χ2n) is 5.01. The van der Waals surface area contributed by atoms with Crippen molar-refractivity contribution in [2.75, 3.05) is 5.75 Å². The molecule has 1 N–H and O–H groups in total. The molecule has 0 bridgehead atoms. The van der Waals surface area contributed by atoms with Gasteiger partial charge in [-0.1, -0.05) is 39.8 Å². The van der Waals surface area contributed by atoms with E-state index in [9.17, 15) is 5.11 Å². The lowest BCUT2D eigenvalue weighted by molar-refractivity contribution is 0.475. The van der Waals surface area contributed by atoms with Crippen LogP contribution in [0.3, 0.4) is 0 Å². The number of halogens is 1. The van der Waals surface area contributed by atoms with Crippen LogP contribution in [0.25, 0.3) is 11.4 Å². The smallest absolute Gasteiger partial charge is 0.212 e. The van der Waals surface area contributed by atoms with E-state index in [-0.39, 0.29) is 5.75 Å². The number of nitrogens with zero attached hydrogens (tertiary/aromatic N) is 4. The van der Waals surface area contributed by atoms with Gasteiger partial charge in [0.05, 0.1) is 5.71 Å². The summed E-state index contributed by atoms with van der Waals surface area (Å²) in [5.41, 5.74) is 2.93. The number of phenolic OH excluding ortho intramolecular Hbond substituents is 1. The monoisotopic (exact) mass is 386 g/mol. The second-order valence-corrected chi connectivity index (χ2v) is 6.87. The quantitative estimate of drug-likeness (QED) is 0.727. The van der Waals surface area contributed by atoms with Crippen molar-refractivity contribution in [3.8, 4) is 17.1 Å². The van der Waals surface area contributed by atoms with Gasteiger partial charge in [0.1, 0.15) is 5.75 Å². The maximum atomic E-state index is 9.43. The predicted molar refractivity (Wildman–Crippen MR) is 93.9 cm³/mol. The lowest BCUT2D eigenvalue weighted by atomic mass is 10.1. The third-order valence-electron chi connectivity index (χ3n) is 3.47. The Morgan fingerprint density at radius 3 is 2.39 bits per heavy atom. The standard InChI is InChI=1S/C16H11BrN4OS/c17-12-5-1-10(2-6-12)14-9-23-16-19-18-15(21(16)20-14)11-3-7-13(22)8-4-11/h1-8,22H,9H2. The van der Waals surface area contributed by atoms with Crippen molar-refractivity contribution in [1.82, 2.24) is 14.9 Å². The number of thioether (sulfide) groups is 1. The maximum absolute atomic E-state index is 9.43. The summed E-state index contributed by atoms with van der Waals surface area (Å²) in [6, 6.07) is 15.0. The summed E-state index contributed by atoms with van der Waals surface area (Å²) in [6.45, 7) is 0. The molecule has 0 unspecified atom stereocenters. The molecule has 4 rings (SSSR count). The minimum atomic E-state index is 0.223. The summed E-state index contributed by atoms with van der Waals surface area (Å²) in [7, 11) is 0. The average Bonchev–Trinajstić information content (AvgIpc) is 2.99. The summed E-state index contributed by atoms with van der Waals surface area (Å²) in [5.74, 6) is 1.65. The van der Waals surface area contributed by atoms with E-state index in [4.69, 9.17) is 5.10 Å². The molecule has 0 saturated carbocycles. The van der Waals surface area contributed by atoms with E-state index >= 15 is 0 Å². The first-order valence-corrected chi connectivity index (χ1v) is 8.70. The van der Waals surface area contributed by atoms with Gasteiger partial charge < -0.3 is 5.11 Å². The Kier molecular flexibility index (Phi) is 3.66. The number of fused-ring (bicyclic) bond motifs is 1. The highest BCUT2D eigenvalue weighted by Gasteiger charge is 2.20. The van der Waals surface area contributed by atoms with E-state index in [2.05, 4.69) is 26.1 Å². The van der Waals surface area contributed by atoms with Crippen LogP contribution < -0.4 is 0 Å². The Hall–Kier alpha value is -2.12. The number of hydrogen-bond acceptors (Lipinski definition) is 5. The first kappa shape index (κ1) is 14.5. The zero-order chi connectivity index (χ0) is 15.8. The fourth-order valence-electron chi connectivity index (χ4n) is 2.30. The van der Waals surface area contributed by atoms with Crippen LogP contribution in [0.2, 0.25) is 0 Å². The average molecular weight is 387 g/mol. The SMILES string of the molecule is Oc1ccc(-c2nnc3n2N=C(c2ccc(Br)cc2)CS3)cc1. The van der Waals surface area contributed by atoms with Crippen LogP contribution in [0.4, 0.5) is 0 Å². The molecule has 3 aromatic rings. The summed E-state index contributed by atoms with van der Waals surface area (Å²) in [6.07, 6.45) is 0. The van der Waals surface area contributed by atoms with Crippen molar-refractivity contribution >= 4 is 33.4 Å². The van der Waals surface area contributed by atoms with Gasteiger partial charge in [-0.2, -0.15) is 9.78 Å². The van der Waals surface area contributed by atoms with Gasteiger partial charge in [0, 0.05) is 15.8 Å². The molecule has 1 aliphatic heterocycles. The third-order valence-corrected chi connectivity index (χ3v) is 4.93. The van der Waals surface area contributed by atoms with E-state index in [1.807, 2.05) is 24.3 Å². The molecule has 2 aromatic carbocycles. The van der Waals surface area contributed by atoms with E-state index in [0.717, 1.165) is 32.2 Å². The van der Waals surface area contributed by atoms with Crippen LogP contribution in [0.5, 0.6) is 5.75 Å². The van der Waals surface area contributed by atoms with Gasteiger partial charge in [0.2, 0.25) is 5.16 Å². The molecule has 23 heavy (non-hydrogen) atoms. The molecule has 0 spiro atoms. The first-order valence-electron chi connectivity index (χ1n) is 6.92. The highest BCUT2D eigenvalue weighted by molar-refractivity contribution is 9.10. The summed E-state index contributed by atoms with van der Waals surface area (Å²) in [4.78, 5) is 0. The van der Waals surface area contributed by atoms with Gasteiger partial charge in [-0.05, 0) is 42.0 Å². The van der Waals surface area contributed by atoms with Crippen LogP contribution in [-0.2, 0) is 0 Å². The second kappa shape index (κ2) is 5.82. The summed E-state index contributed by atoms with van der Waals surface area (Å²) >= 11 is 5.06. The van der Waals surface area contributed by atoms with Crippen molar-refractivity contribution in [3.63, 3.8) is 0 Å². The van der Waals surface area contributed by atoms with Crippen molar-refractivity contribution in [2.45, 2.75) is 5.16 Å². The van der Waals surface area contributed by atoms with Crippen LogP contribution >= 0.6 is 27.7 Å². The van der Waals surface area contributed by atoms with E-state index in [0.29, 0.717) is 5.82 Å². The molecule has 0 radical (unpaired) electrons. The number of hydrogen-bond donors (Lipinski definition) is 1. The molecule has 0 aliphatic carbocycles. The highest BCUT2D eigenvalue weighted by Crippen LogP contribution is 2.29. The molecule has 0 fully saturated rings. The molecular weight excluding hydrogens is 376 g/mol. The molecule has 1 aromatic heterocycles. The lowest BCUT2D eigenvalue weighted by Crippen LogP contribution is -2.13. The fourth-order valence-corrected chi connectivity index (χ4v) is 3.40. The minimum Gasteiger partial charge on any atom is -0.508 e. The number of phenols is 1. The molecule has 5 nitrogen and oxygen atoms in total. The minimum absolute atomic E-state index is 0.223. The van der Waals surface area contributed by atoms with Crippen LogP contribution in [0, 0.1) is 0 Å². The van der Waals surface area contributed by atoms with Crippen LogP contribution in [-0.4, -0.2) is 31.4 Å². The van der Waals surface area contributed by atoms with Crippen molar-refractivity contribution < 1.29 is 5.11 Å². The Bertz CT molecular complexity index is 887. The van der Waals surface area contributed by atoms with Crippen molar-refractivity contribution in [3.05, 3.63) is 58.6 Å². The molecule has 7 heteroatoms. The van der Waals surface area contributed by atoms with Gasteiger partial charge in [0.15, 0.2) is 5.82 Å². The van der Waals surface area contributed by atoms with Crippen molar-refractivity contribution in [2.24, 2.45) is 5.10 Å². The lowest BCUT2D eigenvalue weighted by Gasteiger charge is -2.14. The Morgan fingerprint density at radius 1 is 0.957 bits per heavy atom. The number of rotatable bonds is 2. The molecule has 0 amide bonds. The molecule has 0 atom stereocenters. The Morgan fingerprint density at radius 2 is 1.65 bits per heavy atom. The number of benzene rings is 2. The summed E-state index contributed by atoms with van der Waals surface area (Å²) < 4.78 is 2.80. The first-order chi connectivity index (χ1) is 11.2. The fraction of sp³-hybridized carbons (Fsp3) is 0.0625. The molecule has 0 saturated heterocycles. The van der Waals surface area contributed by atoms with Gasteiger partial charge in [0.25, 0.3) is 0 Å². The largest absolute Gasteiger partial charge is 0.508 e. The van der Waals surface area contributed by atoms with Gasteiger partial charge in [-0.15, -0.1) is 10.2 Å². The topological polar surface area (TPSA) is 63.3 Å². The Balaban J connectivity index is 1.77. The summed E-state index contributed by atoms with van der Waals surface area (Å²) in [5, 5.41) is 23.3.